The van der Waals surface area contributed by atoms with Crippen LogP contribution in [0.3, 0.4) is 0 Å². The van der Waals surface area contributed by atoms with E-state index >= 15 is 0 Å². The highest BCUT2D eigenvalue weighted by atomic mass is 32.2. The van der Waals surface area contributed by atoms with Gasteiger partial charge in [-0.15, -0.1) is 0 Å². The first-order valence-corrected chi connectivity index (χ1v) is 10.3. The molecule has 1 fully saturated rings. The van der Waals surface area contributed by atoms with Gasteiger partial charge in [0.1, 0.15) is 12.3 Å². The molecule has 0 saturated carbocycles. The van der Waals surface area contributed by atoms with Crippen LogP contribution in [0.15, 0.2) is 55.1 Å². The highest BCUT2D eigenvalue weighted by molar-refractivity contribution is 7.89. The zero-order chi connectivity index (χ0) is 19.7. The third-order valence-electron chi connectivity index (χ3n) is 4.68. The minimum absolute atomic E-state index is 0.0741. The second-order valence-corrected chi connectivity index (χ2v) is 8.49. The molecule has 28 heavy (non-hydrogen) atoms. The van der Waals surface area contributed by atoms with E-state index in [9.17, 15) is 18.0 Å². The number of carbonyl (C=O) groups excluding carboxylic acids is 1. The molecule has 148 valence electrons. The quantitative estimate of drug-likeness (QED) is 0.661. The van der Waals surface area contributed by atoms with Gasteiger partial charge < -0.3 is 14.2 Å². The molecule has 1 N–H and O–H groups in total. The number of carbonyl (C=O) groups is 1. The lowest BCUT2D eigenvalue weighted by Crippen LogP contribution is -2.30. The van der Waals surface area contributed by atoms with Crippen LogP contribution in [0.5, 0.6) is 0 Å². The predicted molar refractivity (Wildman–Crippen MR) is 99.0 cm³/mol. The first-order chi connectivity index (χ1) is 13.4. The number of sulfonamides is 1. The molecule has 2 aromatic heterocycles. The number of hydrogen-bond acceptors (Lipinski definition) is 6. The Hall–Kier alpha value is -2.85. The molecule has 1 amide bonds. The molecule has 1 aliphatic heterocycles. The summed E-state index contributed by atoms with van der Waals surface area (Å²) in [5.41, 5.74) is 0.489. The molecule has 0 bridgehead atoms. The van der Waals surface area contributed by atoms with Gasteiger partial charge in [0.15, 0.2) is 5.58 Å². The molecular formula is C18H19N3O6S. The van der Waals surface area contributed by atoms with Gasteiger partial charge >= 0.3 is 5.76 Å². The van der Waals surface area contributed by atoms with Crippen molar-refractivity contribution in [1.82, 2.24) is 14.2 Å². The van der Waals surface area contributed by atoms with Gasteiger partial charge in [-0.2, -0.15) is 4.31 Å². The Labute approximate surface area is 160 Å². The molecule has 1 aromatic carbocycles. The molecule has 3 aromatic rings. The van der Waals surface area contributed by atoms with Crippen LogP contribution in [0, 0.1) is 0 Å². The van der Waals surface area contributed by atoms with Gasteiger partial charge in [0, 0.05) is 19.2 Å². The van der Waals surface area contributed by atoms with E-state index in [-0.39, 0.29) is 23.6 Å². The Bertz CT molecular complexity index is 1150. The van der Waals surface area contributed by atoms with Crippen LogP contribution in [0.2, 0.25) is 0 Å². The van der Waals surface area contributed by atoms with Crippen LogP contribution in [0.1, 0.15) is 18.6 Å². The van der Waals surface area contributed by atoms with E-state index in [2.05, 4.69) is 5.32 Å². The molecular weight excluding hydrogens is 386 g/mol. The summed E-state index contributed by atoms with van der Waals surface area (Å²) in [6, 6.07) is 7.69. The number of nitrogens with zero attached hydrogens (tertiary/aromatic N) is 2. The lowest BCUT2D eigenvalue weighted by molar-refractivity contribution is -0.121. The second-order valence-electron chi connectivity index (χ2n) is 6.55. The van der Waals surface area contributed by atoms with Crippen molar-refractivity contribution in [2.45, 2.75) is 30.8 Å². The Morgan fingerprint density at radius 2 is 1.96 bits per heavy atom. The summed E-state index contributed by atoms with van der Waals surface area (Å²) >= 11 is 0. The maximum Gasteiger partial charge on any atom is 0.420 e. The van der Waals surface area contributed by atoms with Crippen LogP contribution in [0.25, 0.3) is 11.1 Å². The normalized spacial score (nSPS) is 15.3. The minimum atomic E-state index is -3.62. The summed E-state index contributed by atoms with van der Waals surface area (Å²) in [6.07, 6.45) is 3.17. The number of aromatic nitrogens is 1. The van der Waals surface area contributed by atoms with E-state index in [0.29, 0.717) is 24.4 Å². The SMILES string of the molecule is O=C(Cn1c(=O)oc2cc(S(=O)(=O)N3CCCC3)ccc21)NCc1ccco1. The van der Waals surface area contributed by atoms with Gasteiger partial charge in [-0.05, 0) is 37.1 Å². The Morgan fingerprint density at radius 3 is 2.68 bits per heavy atom. The summed E-state index contributed by atoms with van der Waals surface area (Å²) in [5, 5.41) is 2.65. The number of fused-ring (bicyclic) bond motifs is 1. The van der Waals surface area contributed by atoms with Gasteiger partial charge in [0.25, 0.3) is 0 Å². The molecule has 3 heterocycles. The zero-order valence-electron chi connectivity index (χ0n) is 15.0. The maximum absolute atomic E-state index is 12.7. The molecule has 0 radical (unpaired) electrons. The molecule has 4 rings (SSSR count). The highest BCUT2D eigenvalue weighted by Crippen LogP contribution is 2.24. The molecule has 9 nitrogen and oxygen atoms in total. The summed E-state index contributed by atoms with van der Waals surface area (Å²) in [7, 11) is -3.62. The van der Waals surface area contributed by atoms with Gasteiger partial charge in [-0.1, -0.05) is 0 Å². The molecule has 0 aliphatic carbocycles. The molecule has 0 spiro atoms. The number of benzene rings is 1. The largest absolute Gasteiger partial charge is 0.467 e. The van der Waals surface area contributed by atoms with Crippen molar-refractivity contribution in [2.75, 3.05) is 13.1 Å². The van der Waals surface area contributed by atoms with Crippen LogP contribution < -0.4 is 11.1 Å². The van der Waals surface area contributed by atoms with Gasteiger partial charge in [-0.3, -0.25) is 9.36 Å². The topological polar surface area (TPSA) is 115 Å². The standard InChI is InChI=1S/C18H19N3O6S/c22-17(19-11-13-4-3-9-26-13)12-21-15-6-5-14(10-16(15)27-18(21)23)28(24,25)20-7-1-2-8-20/h3-6,9-10H,1-2,7-8,11-12H2,(H,19,22). The molecule has 0 unspecified atom stereocenters. The first-order valence-electron chi connectivity index (χ1n) is 8.88. The van der Waals surface area contributed by atoms with Gasteiger partial charge in [-0.25, -0.2) is 13.2 Å². The van der Waals surface area contributed by atoms with Crippen molar-refractivity contribution in [2.24, 2.45) is 0 Å². The minimum Gasteiger partial charge on any atom is -0.467 e. The number of nitrogens with one attached hydrogen (secondary N) is 1. The number of oxazole rings is 1. The lowest BCUT2D eigenvalue weighted by atomic mass is 10.3. The van der Waals surface area contributed by atoms with Crippen molar-refractivity contribution in [3.8, 4) is 0 Å². The fraction of sp³-hybridized carbons (Fsp3) is 0.333. The number of hydrogen-bond donors (Lipinski definition) is 1. The molecule has 1 saturated heterocycles. The fourth-order valence-corrected chi connectivity index (χ4v) is 4.77. The van der Waals surface area contributed by atoms with E-state index in [1.807, 2.05) is 0 Å². The van der Waals surface area contributed by atoms with E-state index < -0.39 is 21.7 Å². The van der Waals surface area contributed by atoms with Crippen molar-refractivity contribution >= 4 is 27.0 Å². The van der Waals surface area contributed by atoms with Crippen molar-refractivity contribution < 1.29 is 22.0 Å². The smallest absolute Gasteiger partial charge is 0.420 e. The van der Waals surface area contributed by atoms with E-state index in [4.69, 9.17) is 8.83 Å². The van der Waals surface area contributed by atoms with Gasteiger partial charge in [0.05, 0.1) is 23.2 Å². The summed E-state index contributed by atoms with van der Waals surface area (Å²) in [5.74, 6) is -0.525. The van der Waals surface area contributed by atoms with Crippen molar-refractivity contribution in [1.29, 1.82) is 0 Å². The van der Waals surface area contributed by atoms with E-state index in [1.165, 1.54) is 33.3 Å². The van der Waals surface area contributed by atoms with Crippen molar-refractivity contribution in [3.63, 3.8) is 0 Å². The Morgan fingerprint density at radius 1 is 1.18 bits per heavy atom. The van der Waals surface area contributed by atoms with Crippen LogP contribution in [-0.2, 0) is 27.9 Å². The average molecular weight is 405 g/mol. The summed E-state index contributed by atoms with van der Waals surface area (Å²) in [6.45, 7) is 0.932. The summed E-state index contributed by atoms with van der Waals surface area (Å²) in [4.78, 5) is 24.4. The average Bonchev–Trinajstić information content (AvgIpc) is 3.42. The highest BCUT2D eigenvalue weighted by Gasteiger charge is 2.28. The van der Waals surface area contributed by atoms with E-state index in [0.717, 1.165) is 12.8 Å². The van der Waals surface area contributed by atoms with Gasteiger partial charge in [0.2, 0.25) is 15.9 Å². The molecule has 1 aliphatic rings. The first kappa shape index (κ1) is 18.5. The zero-order valence-corrected chi connectivity index (χ0v) is 15.8. The molecule has 0 atom stereocenters. The lowest BCUT2D eigenvalue weighted by Gasteiger charge is -2.15. The monoisotopic (exact) mass is 405 g/mol. The number of furan rings is 1. The van der Waals surface area contributed by atoms with E-state index in [1.54, 1.807) is 12.1 Å². The third-order valence-corrected chi connectivity index (χ3v) is 6.58. The van der Waals surface area contributed by atoms with Crippen LogP contribution in [-0.4, -0.2) is 36.3 Å². The Balaban J connectivity index is 1.56. The molecule has 10 heteroatoms. The van der Waals surface area contributed by atoms with Crippen molar-refractivity contribution in [3.05, 3.63) is 52.9 Å². The fourth-order valence-electron chi connectivity index (χ4n) is 3.23. The van der Waals surface area contributed by atoms with Crippen LogP contribution in [0.4, 0.5) is 0 Å². The third kappa shape index (κ3) is 3.48. The number of rotatable bonds is 6. The summed E-state index contributed by atoms with van der Waals surface area (Å²) < 4.78 is 38.2. The predicted octanol–water partition coefficient (Wildman–Crippen LogP) is 1.29. The second kappa shape index (κ2) is 7.28. The number of amides is 1. The maximum atomic E-state index is 12.7. The Kier molecular flexibility index (Phi) is 4.82. The van der Waals surface area contributed by atoms with Crippen LogP contribution >= 0.6 is 0 Å².